The average Bonchev–Trinajstić information content (AvgIpc) is 3.10. The molecular formula is C22H24N4O2. The summed E-state index contributed by atoms with van der Waals surface area (Å²) >= 11 is 0. The Balaban J connectivity index is 1.35. The third-order valence-electron chi connectivity index (χ3n) is 5.70. The molecule has 6 nitrogen and oxygen atoms in total. The van der Waals surface area contributed by atoms with Crippen LogP contribution in [-0.4, -0.2) is 59.8 Å². The largest absolute Gasteiger partial charge is 0.378 e. The van der Waals surface area contributed by atoms with Crippen LogP contribution in [-0.2, 0) is 11.3 Å². The smallest absolute Gasteiger partial charge is 0.257 e. The van der Waals surface area contributed by atoms with Crippen LogP contribution >= 0.6 is 0 Å². The molecule has 1 amide bonds. The number of pyridine rings is 1. The molecule has 0 saturated carbocycles. The van der Waals surface area contributed by atoms with E-state index in [9.17, 15) is 4.79 Å². The van der Waals surface area contributed by atoms with Gasteiger partial charge < -0.3 is 19.1 Å². The number of hydrogen-bond acceptors (Lipinski definition) is 4. The quantitative estimate of drug-likeness (QED) is 0.702. The molecule has 0 radical (unpaired) electrons. The molecule has 144 valence electrons. The van der Waals surface area contributed by atoms with Crippen molar-refractivity contribution in [2.24, 2.45) is 5.92 Å². The van der Waals surface area contributed by atoms with E-state index in [1.807, 2.05) is 23.2 Å². The van der Waals surface area contributed by atoms with Crippen LogP contribution in [0.25, 0.3) is 11.0 Å². The van der Waals surface area contributed by atoms with Gasteiger partial charge in [-0.25, -0.2) is 0 Å². The fraction of sp³-hybridized carbons (Fsp3) is 0.364. The second-order valence-electron chi connectivity index (χ2n) is 7.58. The van der Waals surface area contributed by atoms with E-state index in [-0.39, 0.29) is 5.91 Å². The SMILES string of the molecule is O=C(c1cn(CC2CN(c3ccccc3)C2)c2cccnc12)N1CCOCC1. The van der Waals surface area contributed by atoms with Gasteiger partial charge in [0.1, 0.15) is 5.52 Å². The number of anilines is 1. The first-order chi connectivity index (χ1) is 13.8. The van der Waals surface area contributed by atoms with Crippen LogP contribution in [0.3, 0.4) is 0 Å². The number of hydrogen-bond donors (Lipinski definition) is 0. The molecule has 6 heteroatoms. The summed E-state index contributed by atoms with van der Waals surface area (Å²) in [6, 6.07) is 14.5. The summed E-state index contributed by atoms with van der Waals surface area (Å²) < 4.78 is 7.59. The summed E-state index contributed by atoms with van der Waals surface area (Å²) in [7, 11) is 0. The minimum Gasteiger partial charge on any atom is -0.378 e. The molecule has 2 aliphatic rings. The number of nitrogens with zero attached hydrogens (tertiary/aromatic N) is 4. The minimum atomic E-state index is 0.0604. The molecular weight excluding hydrogens is 352 g/mol. The summed E-state index contributed by atoms with van der Waals surface area (Å²) in [5.74, 6) is 0.632. The number of carbonyl (C=O) groups excluding carboxylic acids is 1. The van der Waals surface area contributed by atoms with E-state index in [1.165, 1.54) is 5.69 Å². The lowest BCUT2D eigenvalue weighted by molar-refractivity contribution is 0.0304. The number of rotatable bonds is 4. The molecule has 2 aliphatic heterocycles. The lowest BCUT2D eigenvalue weighted by Crippen LogP contribution is -2.48. The first-order valence-electron chi connectivity index (χ1n) is 9.90. The number of para-hydroxylation sites is 1. The number of morpholine rings is 1. The van der Waals surface area contributed by atoms with Crippen LogP contribution in [0.5, 0.6) is 0 Å². The zero-order valence-corrected chi connectivity index (χ0v) is 15.8. The monoisotopic (exact) mass is 376 g/mol. The standard InChI is InChI=1S/C22H24N4O2/c27-22(24-9-11-28-12-10-24)19-16-26(20-7-4-8-23-21(19)20)15-17-13-25(14-17)18-5-2-1-3-6-18/h1-8,16-17H,9-15H2. The Bertz CT molecular complexity index is 973. The highest BCUT2D eigenvalue weighted by Gasteiger charge is 2.29. The maximum absolute atomic E-state index is 13.0. The molecule has 28 heavy (non-hydrogen) atoms. The molecule has 0 aliphatic carbocycles. The topological polar surface area (TPSA) is 50.6 Å². The van der Waals surface area contributed by atoms with Gasteiger partial charge in [-0.1, -0.05) is 18.2 Å². The molecule has 1 aromatic carbocycles. The average molecular weight is 376 g/mol. The van der Waals surface area contributed by atoms with Crippen molar-refractivity contribution in [3.63, 3.8) is 0 Å². The normalized spacial score (nSPS) is 17.7. The van der Waals surface area contributed by atoms with Crippen LogP contribution in [0.4, 0.5) is 5.69 Å². The van der Waals surface area contributed by atoms with Crippen molar-refractivity contribution < 1.29 is 9.53 Å². The Hall–Kier alpha value is -2.86. The molecule has 2 aromatic heterocycles. The maximum atomic E-state index is 13.0. The lowest BCUT2D eigenvalue weighted by Gasteiger charge is -2.41. The van der Waals surface area contributed by atoms with Crippen LogP contribution in [0.15, 0.2) is 54.9 Å². The van der Waals surface area contributed by atoms with Crippen molar-refractivity contribution in [3.8, 4) is 0 Å². The van der Waals surface area contributed by atoms with Crippen LogP contribution in [0, 0.1) is 5.92 Å². The third-order valence-corrected chi connectivity index (χ3v) is 5.70. The third kappa shape index (κ3) is 3.14. The summed E-state index contributed by atoms with van der Waals surface area (Å²) in [5.41, 5.74) is 3.83. The summed E-state index contributed by atoms with van der Waals surface area (Å²) in [4.78, 5) is 21.8. The highest BCUT2D eigenvalue weighted by atomic mass is 16.5. The molecule has 0 N–H and O–H groups in total. The Kier molecular flexibility index (Phi) is 4.49. The predicted molar refractivity (Wildman–Crippen MR) is 109 cm³/mol. The van der Waals surface area contributed by atoms with E-state index in [0.29, 0.717) is 37.8 Å². The van der Waals surface area contributed by atoms with Gasteiger partial charge in [0.25, 0.3) is 5.91 Å². The molecule has 5 rings (SSSR count). The second-order valence-corrected chi connectivity index (χ2v) is 7.58. The van der Waals surface area contributed by atoms with E-state index in [1.54, 1.807) is 6.20 Å². The Labute approximate surface area is 164 Å². The van der Waals surface area contributed by atoms with Crippen molar-refractivity contribution in [1.82, 2.24) is 14.5 Å². The Morgan fingerprint density at radius 2 is 1.86 bits per heavy atom. The van der Waals surface area contributed by atoms with E-state index in [0.717, 1.165) is 30.7 Å². The molecule has 3 aromatic rings. The molecule has 4 heterocycles. The van der Waals surface area contributed by atoms with Gasteiger partial charge >= 0.3 is 0 Å². The molecule has 2 saturated heterocycles. The molecule has 0 unspecified atom stereocenters. The second kappa shape index (κ2) is 7.28. The summed E-state index contributed by atoms with van der Waals surface area (Å²) in [5, 5.41) is 0. The number of ether oxygens (including phenoxy) is 1. The van der Waals surface area contributed by atoms with Crippen LogP contribution in [0.1, 0.15) is 10.4 Å². The van der Waals surface area contributed by atoms with Gasteiger partial charge in [-0.05, 0) is 24.3 Å². The minimum absolute atomic E-state index is 0.0604. The highest BCUT2D eigenvalue weighted by molar-refractivity contribution is 6.05. The summed E-state index contributed by atoms with van der Waals surface area (Å²) in [6.45, 7) is 5.49. The first-order valence-corrected chi connectivity index (χ1v) is 9.90. The zero-order chi connectivity index (χ0) is 18.9. The molecule has 0 bridgehead atoms. The van der Waals surface area contributed by atoms with Gasteiger partial charge in [0.2, 0.25) is 0 Å². The van der Waals surface area contributed by atoms with Gasteiger partial charge in [0.15, 0.2) is 0 Å². The van der Waals surface area contributed by atoms with E-state index in [2.05, 4.69) is 44.8 Å². The van der Waals surface area contributed by atoms with Crippen molar-refractivity contribution in [2.45, 2.75) is 6.54 Å². The van der Waals surface area contributed by atoms with Crippen molar-refractivity contribution >= 4 is 22.6 Å². The number of amides is 1. The van der Waals surface area contributed by atoms with Gasteiger partial charge in [-0.15, -0.1) is 0 Å². The zero-order valence-electron chi connectivity index (χ0n) is 15.8. The van der Waals surface area contributed by atoms with Gasteiger partial charge in [0, 0.05) is 56.7 Å². The Morgan fingerprint density at radius 3 is 2.64 bits per heavy atom. The molecule has 0 spiro atoms. The summed E-state index contributed by atoms with van der Waals surface area (Å²) in [6.07, 6.45) is 3.77. The number of aromatic nitrogens is 2. The maximum Gasteiger partial charge on any atom is 0.257 e. The van der Waals surface area contributed by atoms with Crippen molar-refractivity contribution in [3.05, 3.63) is 60.4 Å². The number of carbonyl (C=O) groups is 1. The Morgan fingerprint density at radius 1 is 1.07 bits per heavy atom. The van der Waals surface area contributed by atoms with Gasteiger partial charge in [-0.2, -0.15) is 0 Å². The predicted octanol–water partition coefficient (Wildman–Crippen LogP) is 2.65. The van der Waals surface area contributed by atoms with E-state index in [4.69, 9.17) is 4.74 Å². The number of benzene rings is 1. The molecule has 0 atom stereocenters. The van der Waals surface area contributed by atoms with Gasteiger partial charge in [0.05, 0.1) is 24.3 Å². The highest BCUT2D eigenvalue weighted by Crippen LogP contribution is 2.28. The number of fused-ring (bicyclic) bond motifs is 1. The first kappa shape index (κ1) is 17.3. The van der Waals surface area contributed by atoms with Crippen LogP contribution < -0.4 is 4.90 Å². The lowest BCUT2D eigenvalue weighted by atomic mass is 9.99. The van der Waals surface area contributed by atoms with Crippen molar-refractivity contribution in [1.29, 1.82) is 0 Å². The van der Waals surface area contributed by atoms with Gasteiger partial charge in [-0.3, -0.25) is 9.78 Å². The molecule has 2 fully saturated rings. The van der Waals surface area contributed by atoms with E-state index < -0.39 is 0 Å². The van der Waals surface area contributed by atoms with Crippen molar-refractivity contribution in [2.75, 3.05) is 44.3 Å². The fourth-order valence-electron chi connectivity index (χ4n) is 4.18. The van der Waals surface area contributed by atoms with E-state index >= 15 is 0 Å². The van der Waals surface area contributed by atoms with Crippen LogP contribution in [0.2, 0.25) is 0 Å². The fourth-order valence-corrected chi connectivity index (χ4v) is 4.18.